The summed E-state index contributed by atoms with van der Waals surface area (Å²) >= 11 is 1.73. The zero-order chi connectivity index (χ0) is 9.10. The van der Waals surface area contributed by atoms with Crippen LogP contribution in [0.15, 0.2) is 24.4 Å². The van der Waals surface area contributed by atoms with Gasteiger partial charge in [0.05, 0.1) is 0 Å². The molecule has 1 heterocycles. The van der Waals surface area contributed by atoms with Crippen molar-refractivity contribution in [3.8, 4) is 0 Å². The van der Waals surface area contributed by atoms with Crippen LogP contribution in [-0.4, -0.2) is 12.3 Å². The van der Waals surface area contributed by atoms with E-state index in [1.165, 1.54) is 12.1 Å². The fourth-order valence-corrected chi connectivity index (χ4v) is 2.04. The number of thioether (sulfide) groups is 1. The summed E-state index contributed by atoms with van der Waals surface area (Å²) in [7, 11) is 0. The molecule has 0 aliphatic carbocycles. The van der Waals surface area contributed by atoms with Crippen LogP contribution in [-0.2, 0) is 0 Å². The van der Waals surface area contributed by atoms with Gasteiger partial charge in [-0.2, -0.15) is 0 Å². The molecule has 1 aliphatic heterocycles. The summed E-state index contributed by atoms with van der Waals surface area (Å²) in [5.41, 5.74) is 0.831. The van der Waals surface area contributed by atoms with Gasteiger partial charge in [0.2, 0.25) is 0 Å². The maximum absolute atomic E-state index is 12.8. The average Bonchev–Trinajstić information content (AvgIpc) is 2.19. The van der Waals surface area contributed by atoms with E-state index in [2.05, 4.69) is 11.4 Å². The number of rotatable bonds is 1. The quantitative estimate of drug-likeness (QED) is 0.736. The molecule has 1 aliphatic rings. The fourth-order valence-electron chi connectivity index (χ4n) is 1.16. The molecule has 0 bridgehead atoms. The Kier molecular flexibility index (Phi) is 2.54. The van der Waals surface area contributed by atoms with Gasteiger partial charge in [0.25, 0.3) is 0 Å². The van der Waals surface area contributed by atoms with E-state index in [1.807, 2.05) is 6.20 Å². The smallest absolute Gasteiger partial charge is 0.123 e. The summed E-state index contributed by atoms with van der Waals surface area (Å²) in [6.07, 6.45) is 1.92. The van der Waals surface area contributed by atoms with Gasteiger partial charge in [-0.05, 0) is 18.2 Å². The van der Waals surface area contributed by atoms with Crippen LogP contribution in [0.4, 0.5) is 4.39 Å². The summed E-state index contributed by atoms with van der Waals surface area (Å²) < 4.78 is 12.8. The highest BCUT2D eigenvalue weighted by atomic mass is 32.2. The highest BCUT2D eigenvalue weighted by Gasteiger charge is 2.06. The molecular weight excluding hydrogens is 185 g/mol. The topological polar surface area (TPSA) is 12.0 Å². The third-order valence-electron chi connectivity index (χ3n) is 1.77. The van der Waals surface area contributed by atoms with Gasteiger partial charge in [-0.3, -0.25) is 0 Å². The molecule has 1 aromatic carbocycles. The maximum Gasteiger partial charge on any atom is 0.123 e. The predicted molar refractivity (Wildman–Crippen MR) is 53.7 cm³/mol. The zero-order valence-corrected chi connectivity index (χ0v) is 7.83. The number of nitrogens with one attached hydrogen (secondary N) is 1. The molecule has 0 fully saturated rings. The Labute approximate surface area is 81.0 Å². The van der Waals surface area contributed by atoms with Crippen molar-refractivity contribution in [1.29, 1.82) is 0 Å². The van der Waals surface area contributed by atoms with Gasteiger partial charge >= 0.3 is 0 Å². The molecule has 0 aromatic heterocycles. The van der Waals surface area contributed by atoms with E-state index in [0.29, 0.717) is 0 Å². The van der Waals surface area contributed by atoms with Crippen LogP contribution in [0.5, 0.6) is 0 Å². The third kappa shape index (κ3) is 2.04. The Balaban J connectivity index is 2.29. The molecule has 1 aromatic rings. The second-order valence-corrected chi connectivity index (χ2v) is 3.87. The minimum absolute atomic E-state index is 0.208. The molecule has 0 unspecified atom stereocenters. The molecule has 0 atom stereocenters. The zero-order valence-electron chi connectivity index (χ0n) is 7.01. The summed E-state index contributed by atoms with van der Waals surface area (Å²) in [6.45, 7) is 0.976. The lowest BCUT2D eigenvalue weighted by molar-refractivity contribution is 0.627. The van der Waals surface area contributed by atoms with Crippen molar-refractivity contribution in [2.45, 2.75) is 0 Å². The Morgan fingerprint density at radius 1 is 1.54 bits per heavy atom. The van der Waals surface area contributed by atoms with Gasteiger partial charge in [0, 0.05) is 29.0 Å². The number of hydrogen-bond acceptors (Lipinski definition) is 2. The van der Waals surface area contributed by atoms with Gasteiger partial charge in [0.1, 0.15) is 5.82 Å². The molecular formula is C10H9FNS. The van der Waals surface area contributed by atoms with E-state index in [-0.39, 0.29) is 5.82 Å². The van der Waals surface area contributed by atoms with Gasteiger partial charge < -0.3 is 5.32 Å². The minimum atomic E-state index is -0.208. The highest BCUT2D eigenvalue weighted by molar-refractivity contribution is 8.08. The molecule has 0 spiro atoms. The molecule has 67 valence electrons. The third-order valence-corrected chi connectivity index (χ3v) is 2.82. The highest BCUT2D eigenvalue weighted by Crippen LogP contribution is 2.28. The summed E-state index contributed by atoms with van der Waals surface area (Å²) in [4.78, 5) is 1.06. The van der Waals surface area contributed by atoms with Crippen LogP contribution in [0, 0.1) is 11.9 Å². The number of hydrogen-bond donors (Lipinski definition) is 1. The fraction of sp³-hybridized carbons (Fsp3) is 0.200. The maximum atomic E-state index is 12.8. The molecule has 0 saturated carbocycles. The lowest BCUT2D eigenvalue weighted by atomic mass is 10.2. The van der Waals surface area contributed by atoms with E-state index in [0.717, 1.165) is 22.8 Å². The summed E-state index contributed by atoms with van der Waals surface area (Å²) in [5.74, 6) is 0.816. The average molecular weight is 194 g/mol. The van der Waals surface area contributed by atoms with Gasteiger partial charge in [0.15, 0.2) is 0 Å². The summed E-state index contributed by atoms with van der Waals surface area (Å²) in [6, 6.07) is 7.54. The van der Waals surface area contributed by atoms with Crippen LogP contribution < -0.4 is 5.32 Å². The first-order chi connectivity index (χ1) is 6.36. The van der Waals surface area contributed by atoms with E-state index < -0.39 is 0 Å². The minimum Gasteiger partial charge on any atom is -0.389 e. The molecule has 1 N–H and O–H groups in total. The Hall–Kier alpha value is -0.960. The number of halogens is 1. The standard InChI is InChI=1S/C10H9FNS/c11-9-3-1-2-8(6-9)10-7-12-4-5-13-10/h1,3,6-7,12H,4-5H2. The molecule has 3 heteroatoms. The summed E-state index contributed by atoms with van der Waals surface area (Å²) in [5, 5.41) is 3.13. The van der Waals surface area contributed by atoms with Crippen molar-refractivity contribution in [2.24, 2.45) is 0 Å². The van der Waals surface area contributed by atoms with Crippen molar-refractivity contribution in [2.75, 3.05) is 12.3 Å². The van der Waals surface area contributed by atoms with Crippen molar-refractivity contribution in [1.82, 2.24) is 5.32 Å². The van der Waals surface area contributed by atoms with Gasteiger partial charge in [-0.1, -0.05) is 6.07 Å². The van der Waals surface area contributed by atoms with Crippen LogP contribution >= 0.6 is 11.8 Å². The normalized spacial score (nSPS) is 16.2. The first-order valence-electron chi connectivity index (χ1n) is 4.10. The Morgan fingerprint density at radius 2 is 2.46 bits per heavy atom. The molecule has 2 rings (SSSR count). The van der Waals surface area contributed by atoms with E-state index in [1.54, 1.807) is 17.8 Å². The van der Waals surface area contributed by atoms with E-state index >= 15 is 0 Å². The molecule has 0 saturated heterocycles. The first-order valence-corrected chi connectivity index (χ1v) is 5.09. The van der Waals surface area contributed by atoms with Crippen molar-refractivity contribution in [3.63, 3.8) is 0 Å². The predicted octanol–water partition coefficient (Wildman–Crippen LogP) is 2.26. The largest absolute Gasteiger partial charge is 0.389 e. The van der Waals surface area contributed by atoms with Gasteiger partial charge in [-0.15, -0.1) is 11.8 Å². The Bertz CT molecular complexity index is 335. The number of benzene rings is 1. The van der Waals surface area contributed by atoms with Gasteiger partial charge in [-0.25, -0.2) is 4.39 Å². The van der Waals surface area contributed by atoms with Crippen LogP contribution in [0.1, 0.15) is 5.56 Å². The molecule has 0 amide bonds. The van der Waals surface area contributed by atoms with Crippen molar-refractivity contribution in [3.05, 3.63) is 41.8 Å². The van der Waals surface area contributed by atoms with E-state index in [9.17, 15) is 4.39 Å². The van der Waals surface area contributed by atoms with Crippen molar-refractivity contribution < 1.29 is 4.39 Å². The van der Waals surface area contributed by atoms with Crippen LogP contribution in [0.25, 0.3) is 4.91 Å². The molecule has 1 nitrogen and oxygen atoms in total. The molecule has 1 radical (unpaired) electrons. The van der Waals surface area contributed by atoms with Crippen LogP contribution in [0.3, 0.4) is 0 Å². The second-order valence-electron chi connectivity index (χ2n) is 2.73. The lowest BCUT2D eigenvalue weighted by Crippen LogP contribution is -2.14. The van der Waals surface area contributed by atoms with Crippen molar-refractivity contribution >= 4 is 16.7 Å². The van der Waals surface area contributed by atoms with E-state index in [4.69, 9.17) is 0 Å². The van der Waals surface area contributed by atoms with Crippen LogP contribution in [0.2, 0.25) is 0 Å². The first kappa shape index (κ1) is 8.63. The molecule has 13 heavy (non-hydrogen) atoms. The second kappa shape index (κ2) is 3.83. The SMILES string of the molecule is Fc1cc[c]c(C2=CNCCS2)c1. The Morgan fingerprint density at radius 3 is 3.15 bits per heavy atom. The monoisotopic (exact) mass is 194 g/mol. The lowest BCUT2D eigenvalue weighted by Gasteiger charge is -2.13.